The molecule has 6 nitrogen and oxygen atoms in total. The lowest BCUT2D eigenvalue weighted by molar-refractivity contribution is 0.0698. The van der Waals surface area contributed by atoms with Crippen molar-refractivity contribution in [3.8, 4) is 11.5 Å². The molecule has 0 spiro atoms. The number of carbonyl (C=O) groups excluding carboxylic acids is 1. The van der Waals surface area contributed by atoms with Gasteiger partial charge in [0.2, 0.25) is 0 Å². The molecule has 4 aromatic rings. The van der Waals surface area contributed by atoms with Crippen molar-refractivity contribution in [3.05, 3.63) is 96.1 Å². The zero-order chi connectivity index (χ0) is 21.8. The first-order valence-corrected chi connectivity index (χ1v) is 10.2. The van der Waals surface area contributed by atoms with Crippen LogP contribution >= 0.6 is 11.9 Å². The molecule has 0 saturated heterocycles. The van der Waals surface area contributed by atoms with Gasteiger partial charge >= 0.3 is 5.97 Å². The molecule has 0 aliphatic rings. The van der Waals surface area contributed by atoms with E-state index in [1.165, 1.54) is 18.0 Å². The number of hydrogen-bond acceptors (Lipinski definition) is 5. The number of ether oxygens (including phenoxy) is 1. The van der Waals surface area contributed by atoms with Gasteiger partial charge in [-0.1, -0.05) is 24.3 Å². The number of nitrogens with one attached hydrogen (secondary N) is 1. The summed E-state index contributed by atoms with van der Waals surface area (Å²) in [5, 5.41) is 19.6. The van der Waals surface area contributed by atoms with Crippen molar-refractivity contribution < 1.29 is 19.4 Å². The van der Waals surface area contributed by atoms with Gasteiger partial charge in [-0.05, 0) is 83.4 Å². The Morgan fingerprint density at radius 3 is 2.26 bits per heavy atom. The van der Waals surface area contributed by atoms with Crippen LogP contribution in [0.3, 0.4) is 0 Å². The molecule has 0 atom stereocenters. The minimum atomic E-state index is -1.10. The SMILES string of the molecule is NSc1ccc2cc(Oc3ccc(C(=O)Nc4ccccc4C(=O)O)cc3)ccc2c1. The van der Waals surface area contributed by atoms with E-state index < -0.39 is 11.9 Å². The highest BCUT2D eigenvalue weighted by Gasteiger charge is 2.13. The summed E-state index contributed by atoms with van der Waals surface area (Å²) in [6.45, 7) is 0. The summed E-state index contributed by atoms with van der Waals surface area (Å²) in [4.78, 5) is 24.8. The maximum absolute atomic E-state index is 12.5. The van der Waals surface area contributed by atoms with Crippen molar-refractivity contribution >= 4 is 40.3 Å². The highest BCUT2D eigenvalue weighted by atomic mass is 32.2. The fraction of sp³-hybridized carbons (Fsp3) is 0. The Kier molecular flexibility index (Phi) is 5.88. The van der Waals surface area contributed by atoms with Crippen LogP contribution in [0.1, 0.15) is 20.7 Å². The summed E-state index contributed by atoms with van der Waals surface area (Å²) in [5.74, 6) is -0.253. The molecule has 31 heavy (non-hydrogen) atoms. The van der Waals surface area contributed by atoms with E-state index in [9.17, 15) is 14.7 Å². The minimum Gasteiger partial charge on any atom is -0.478 e. The number of nitrogens with two attached hydrogens (primary N) is 1. The number of hydrogen-bond donors (Lipinski definition) is 3. The van der Waals surface area contributed by atoms with Crippen molar-refractivity contribution in [1.82, 2.24) is 0 Å². The van der Waals surface area contributed by atoms with Crippen molar-refractivity contribution in [2.24, 2.45) is 5.14 Å². The number of para-hydroxylation sites is 1. The number of rotatable bonds is 6. The molecular weight excluding hydrogens is 412 g/mol. The molecule has 0 radical (unpaired) electrons. The Bertz CT molecular complexity index is 1270. The molecule has 4 rings (SSSR count). The Hall–Kier alpha value is -3.81. The maximum Gasteiger partial charge on any atom is 0.337 e. The first-order valence-electron chi connectivity index (χ1n) is 9.35. The fourth-order valence-electron chi connectivity index (χ4n) is 3.12. The molecule has 4 N–H and O–H groups in total. The summed E-state index contributed by atoms with van der Waals surface area (Å²) in [5.41, 5.74) is 0.662. The molecular formula is C24H18N2O4S. The highest BCUT2D eigenvalue weighted by Crippen LogP contribution is 2.28. The molecule has 4 aromatic carbocycles. The first-order chi connectivity index (χ1) is 15.0. The third-order valence-electron chi connectivity index (χ3n) is 4.68. The molecule has 0 saturated carbocycles. The fourth-order valence-corrected chi connectivity index (χ4v) is 3.46. The largest absolute Gasteiger partial charge is 0.478 e. The van der Waals surface area contributed by atoms with Crippen LogP contribution in [-0.4, -0.2) is 17.0 Å². The van der Waals surface area contributed by atoms with Crippen LogP contribution < -0.4 is 15.2 Å². The van der Waals surface area contributed by atoms with Gasteiger partial charge in [0.05, 0.1) is 11.3 Å². The zero-order valence-corrected chi connectivity index (χ0v) is 17.1. The molecule has 154 valence electrons. The van der Waals surface area contributed by atoms with Crippen LogP contribution in [0.25, 0.3) is 10.8 Å². The number of carboxylic acid groups (broad SMARTS) is 1. The van der Waals surface area contributed by atoms with Gasteiger partial charge in [0.1, 0.15) is 11.5 Å². The smallest absolute Gasteiger partial charge is 0.337 e. The Balaban J connectivity index is 1.47. The van der Waals surface area contributed by atoms with Crippen LogP contribution in [0, 0.1) is 0 Å². The van der Waals surface area contributed by atoms with E-state index >= 15 is 0 Å². The predicted octanol–water partition coefficient (Wildman–Crippen LogP) is 5.55. The Labute approximate surface area is 182 Å². The van der Waals surface area contributed by atoms with Crippen LogP contribution in [0.5, 0.6) is 11.5 Å². The number of aromatic carboxylic acids is 1. The molecule has 0 fully saturated rings. The minimum absolute atomic E-state index is 0.0317. The number of fused-ring (bicyclic) bond motifs is 1. The van der Waals surface area contributed by atoms with E-state index in [-0.39, 0.29) is 11.3 Å². The monoisotopic (exact) mass is 430 g/mol. The van der Waals surface area contributed by atoms with Crippen molar-refractivity contribution in [3.63, 3.8) is 0 Å². The average molecular weight is 430 g/mol. The summed E-state index contributed by atoms with van der Waals surface area (Å²) in [7, 11) is 0. The van der Waals surface area contributed by atoms with E-state index in [1.54, 1.807) is 42.5 Å². The number of anilines is 1. The van der Waals surface area contributed by atoms with Gasteiger partial charge in [-0.3, -0.25) is 9.93 Å². The van der Waals surface area contributed by atoms with Crippen LogP contribution in [0.4, 0.5) is 5.69 Å². The Morgan fingerprint density at radius 1 is 0.839 bits per heavy atom. The maximum atomic E-state index is 12.5. The Morgan fingerprint density at radius 2 is 1.52 bits per heavy atom. The second-order valence-corrected chi connectivity index (χ2v) is 7.43. The van der Waals surface area contributed by atoms with Gasteiger partial charge in [0.15, 0.2) is 0 Å². The molecule has 7 heteroatoms. The van der Waals surface area contributed by atoms with E-state index in [4.69, 9.17) is 9.88 Å². The molecule has 0 unspecified atom stereocenters. The predicted molar refractivity (Wildman–Crippen MR) is 122 cm³/mol. The highest BCUT2D eigenvalue weighted by molar-refractivity contribution is 7.97. The van der Waals surface area contributed by atoms with Crippen molar-refractivity contribution in [2.75, 3.05) is 5.32 Å². The second kappa shape index (κ2) is 8.91. The van der Waals surface area contributed by atoms with Crippen LogP contribution in [0.15, 0.2) is 89.8 Å². The zero-order valence-electron chi connectivity index (χ0n) is 16.2. The molecule has 0 heterocycles. The summed E-state index contributed by atoms with van der Waals surface area (Å²) < 4.78 is 5.91. The lowest BCUT2D eigenvalue weighted by atomic mass is 10.1. The molecule has 1 amide bonds. The third kappa shape index (κ3) is 4.69. The number of benzene rings is 4. The lowest BCUT2D eigenvalue weighted by Crippen LogP contribution is -2.14. The molecule has 0 bridgehead atoms. The standard InChI is InChI=1S/C24H18N2O4S/c25-31-20-12-8-16-13-19(11-7-17(16)14-20)30-18-9-5-15(6-10-18)23(27)26-22-4-2-1-3-21(22)24(28)29/h1-14H,25H2,(H,26,27)(H,28,29). The lowest BCUT2D eigenvalue weighted by Gasteiger charge is -2.10. The van der Waals surface area contributed by atoms with Crippen molar-refractivity contribution in [2.45, 2.75) is 4.90 Å². The summed E-state index contributed by atoms with van der Waals surface area (Å²) >= 11 is 1.20. The third-order valence-corrected chi connectivity index (χ3v) is 5.20. The second-order valence-electron chi connectivity index (χ2n) is 6.72. The van der Waals surface area contributed by atoms with Gasteiger partial charge in [-0.15, -0.1) is 0 Å². The van der Waals surface area contributed by atoms with Gasteiger partial charge in [0, 0.05) is 10.5 Å². The summed E-state index contributed by atoms with van der Waals surface area (Å²) in [6, 6.07) is 24.6. The van der Waals surface area contributed by atoms with E-state index in [0.717, 1.165) is 15.7 Å². The molecule has 0 aliphatic carbocycles. The quantitative estimate of drug-likeness (QED) is 0.347. The van der Waals surface area contributed by atoms with E-state index in [0.29, 0.717) is 17.1 Å². The van der Waals surface area contributed by atoms with Crippen LogP contribution in [0.2, 0.25) is 0 Å². The summed E-state index contributed by atoms with van der Waals surface area (Å²) in [6.07, 6.45) is 0. The normalized spacial score (nSPS) is 10.6. The average Bonchev–Trinajstić information content (AvgIpc) is 2.79. The number of amides is 1. The molecule has 0 aromatic heterocycles. The van der Waals surface area contributed by atoms with Crippen LogP contribution in [-0.2, 0) is 0 Å². The van der Waals surface area contributed by atoms with E-state index in [2.05, 4.69) is 5.32 Å². The first kappa shape index (κ1) is 20.5. The van der Waals surface area contributed by atoms with Crippen molar-refractivity contribution in [1.29, 1.82) is 0 Å². The van der Waals surface area contributed by atoms with Gasteiger partial charge in [-0.25, -0.2) is 4.79 Å². The van der Waals surface area contributed by atoms with E-state index in [1.807, 2.05) is 36.4 Å². The van der Waals surface area contributed by atoms with Gasteiger partial charge in [0.25, 0.3) is 5.91 Å². The topological polar surface area (TPSA) is 102 Å². The van der Waals surface area contributed by atoms with Gasteiger partial charge < -0.3 is 15.2 Å². The number of carboxylic acids is 1. The number of carbonyl (C=O) groups is 2. The van der Waals surface area contributed by atoms with Gasteiger partial charge in [-0.2, -0.15) is 0 Å². The molecule has 0 aliphatic heterocycles.